The summed E-state index contributed by atoms with van der Waals surface area (Å²) in [5.74, 6) is 2.16. The average molecular weight is 403 g/mol. The number of hydrogen-bond donors (Lipinski definition) is 1. The van der Waals surface area contributed by atoms with Crippen molar-refractivity contribution in [3.8, 4) is 17.0 Å². The van der Waals surface area contributed by atoms with E-state index in [2.05, 4.69) is 25.2 Å². The summed E-state index contributed by atoms with van der Waals surface area (Å²) < 4.78 is 5.22. The van der Waals surface area contributed by atoms with Gasteiger partial charge >= 0.3 is 0 Å². The summed E-state index contributed by atoms with van der Waals surface area (Å²) in [4.78, 5) is 28.1. The number of piperidine rings is 1. The highest BCUT2D eigenvalue weighted by Crippen LogP contribution is 2.27. The highest BCUT2D eigenvalue weighted by atomic mass is 16.5. The van der Waals surface area contributed by atoms with Crippen LogP contribution in [0.4, 0.5) is 11.6 Å². The van der Waals surface area contributed by atoms with Crippen molar-refractivity contribution in [3.63, 3.8) is 0 Å². The number of benzene rings is 1. The number of aromatic nitrogens is 3. The number of methoxy groups -OCH3 is 1. The number of ether oxygens (including phenoxy) is 1. The van der Waals surface area contributed by atoms with Gasteiger partial charge in [-0.05, 0) is 55.7 Å². The molecule has 0 saturated carbocycles. The maximum atomic E-state index is 12.8. The molecular weight excluding hydrogens is 378 g/mol. The molecular formula is C23H25N5O2. The van der Waals surface area contributed by atoms with E-state index in [0.29, 0.717) is 12.4 Å². The molecule has 0 radical (unpaired) electrons. The summed E-state index contributed by atoms with van der Waals surface area (Å²) >= 11 is 0. The van der Waals surface area contributed by atoms with E-state index >= 15 is 0 Å². The average Bonchev–Trinajstić information content (AvgIpc) is 2.81. The summed E-state index contributed by atoms with van der Waals surface area (Å²) in [6.07, 6.45) is 5.05. The molecule has 154 valence electrons. The van der Waals surface area contributed by atoms with Crippen LogP contribution in [0.1, 0.15) is 18.4 Å². The smallest absolute Gasteiger partial charge is 0.230 e. The van der Waals surface area contributed by atoms with Crippen molar-refractivity contribution >= 4 is 17.5 Å². The molecule has 1 amide bonds. The van der Waals surface area contributed by atoms with Crippen LogP contribution >= 0.6 is 0 Å². The Kier molecular flexibility index (Phi) is 5.88. The van der Waals surface area contributed by atoms with Crippen LogP contribution in [-0.4, -0.2) is 41.1 Å². The Hall–Kier alpha value is -3.48. The molecule has 7 nitrogen and oxygen atoms in total. The third-order valence-corrected chi connectivity index (χ3v) is 5.41. The second-order valence-corrected chi connectivity index (χ2v) is 7.43. The van der Waals surface area contributed by atoms with E-state index in [-0.39, 0.29) is 11.8 Å². The van der Waals surface area contributed by atoms with Gasteiger partial charge in [-0.25, -0.2) is 15.0 Å². The van der Waals surface area contributed by atoms with Crippen molar-refractivity contribution in [3.05, 3.63) is 60.6 Å². The number of hydrogen-bond acceptors (Lipinski definition) is 6. The topological polar surface area (TPSA) is 80.2 Å². The van der Waals surface area contributed by atoms with Gasteiger partial charge in [0, 0.05) is 30.9 Å². The highest BCUT2D eigenvalue weighted by Gasteiger charge is 2.27. The van der Waals surface area contributed by atoms with Gasteiger partial charge in [-0.1, -0.05) is 6.07 Å². The molecule has 1 saturated heterocycles. The summed E-state index contributed by atoms with van der Waals surface area (Å²) in [6.45, 7) is 3.43. The third kappa shape index (κ3) is 4.40. The Balaban J connectivity index is 1.47. The lowest BCUT2D eigenvalue weighted by molar-refractivity contribution is -0.120. The van der Waals surface area contributed by atoms with Crippen LogP contribution in [-0.2, 0) is 4.79 Å². The number of carbonyl (C=O) groups is 1. The number of nitrogens with zero attached hydrogens (tertiary/aromatic N) is 4. The number of rotatable bonds is 5. The Morgan fingerprint density at radius 2 is 2.00 bits per heavy atom. The fourth-order valence-electron chi connectivity index (χ4n) is 3.67. The van der Waals surface area contributed by atoms with Gasteiger partial charge in [-0.15, -0.1) is 0 Å². The standard InChI is InChI=1S/C23H25N5O2/c1-16-5-3-11-24-22(16)27-23(29)18-6-4-12-28(14-18)21-13-20(25-15-26-21)17-7-9-19(30-2)10-8-17/h3,5,7-11,13,15,18H,4,6,12,14H2,1-2H3,(H,24,27,29)/t18-/m1/s1. The van der Waals surface area contributed by atoms with Crippen LogP contribution in [0.25, 0.3) is 11.3 Å². The minimum atomic E-state index is -0.112. The summed E-state index contributed by atoms with van der Waals surface area (Å²) in [5.41, 5.74) is 2.80. The third-order valence-electron chi connectivity index (χ3n) is 5.41. The molecule has 2 aromatic heterocycles. The lowest BCUT2D eigenvalue weighted by Gasteiger charge is -2.33. The second kappa shape index (κ2) is 8.90. The number of carbonyl (C=O) groups excluding carboxylic acids is 1. The quantitative estimate of drug-likeness (QED) is 0.700. The van der Waals surface area contributed by atoms with Gasteiger partial charge < -0.3 is 15.0 Å². The van der Waals surface area contributed by atoms with E-state index in [9.17, 15) is 4.79 Å². The minimum Gasteiger partial charge on any atom is -0.497 e. The molecule has 0 bridgehead atoms. The van der Waals surface area contributed by atoms with Crippen LogP contribution in [0.5, 0.6) is 5.75 Å². The molecule has 1 aromatic carbocycles. The van der Waals surface area contributed by atoms with E-state index in [1.165, 1.54) is 0 Å². The first-order valence-electron chi connectivity index (χ1n) is 10.1. The zero-order chi connectivity index (χ0) is 20.9. The predicted octanol–water partition coefficient (Wildman–Crippen LogP) is 3.71. The maximum absolute atomic E-state index is 12.8. The van der Waals surface area contributed by atoms with Crippen LogP contribution in [0, 0.1) is 12.8 Å². The molecule has 1 aliphatic rings. The van der Waals surface area contributed by atoms with Crippen LogP contribution in [0.15, 0.2) is 55.0 Å². The first-order valence-corrected chi connectivity index (χ1v) is 10.1. The van der Waals surface area contributed by atoms with Crippen molar-refractivity contribution in [1.82, 2.24) is 15.0 Å². The lowest BCUT2D eigenvalue weighted by Crippen LogP contribution is -2.41. The number of amides is 1. The van der Waals surface area contributed by atoms with Crippen molar-refractivity contribution in [2.45, 2.75) is 19.8 Å². The first-order chi connectivity index (χ1) is 14.6. The Labute approximate surface area is 176 Å². The number of anilines is 2. The molecule has 3 heterocycles. The molecule has 30 heavy (non-hydrogen) atoms. The molecule has 4 rings (SSSR count). The largest absolute Gasteiger partial charge is 0.497 e. The van der Waals surface area contributed by atoms with Gasteiger partial charge in [0.15, 0.2) is 0 Å². The monoisotopic (exact) mass is 403 g/mol. The molecule has 1 fully saturated rings. The van der Waals surface area contributed by atoms with Crippen LogP contribution in [0.2, 0.25) is 0 Å². The highest BCUT2D eigenvalue weighted by molar-refractivity contribution is 5.92. The zero-order valence-electron chi connectivity index (χ0n) is 17.2. The number of pyridine rings is 1. The Morgan fingerprint density at radius 1 is 1.17 bits per heavy atom. The SMILES string of the molecule is COc1ccc(-c2cc(N3CCC[C@@H](C(=O)Nc4ncccc4C)C3)ncn2)cc1. The molecule has 1 atom stereocenters. The summed E-state index contributed by atoms with van der Waals surface area (Å²) in [6, 6.07) is 13.6. The first kappa shape index (κ1) is 19.8. The fourth-order valence-corrected chi connectivity index (χ4v) is 3.67. The van der Waals surface area contributed by atoms with E-state index < -0.39 is 0 Å². The van der Waals surface area contributed by atoms with Gasteiger partial charge in [-0.3, -0.25) is 4.79 Å². The number of nitrogens with one attached hydrogen (secondary N) is 1. The second-order valence-electron chi connectivity index (χ2n) is 7.43. The maximum Gasteiger partial charge on any atom is 0.230 e. The van der Waals surface area contributed by atoms with Crippen molar-refractivity contribution in [2.75, 3.05) is 30.4 Å². The molecule has 1 N–H and O–H groups in total. The van der Waals surface area contributed by atoms with Gasteiger partial charge in [0.05, 0.1) is 18.7 Å². The predicted molar refractivity (Wildman–Crippen MR) is 117 cm³/mol. The lowest BCUT2D eigenvalue weighted by atomic mass is 9.97. The Bertz CT molecular complexity index is 1020. The van der Waals surface area contributed by atoms with E-state index in [0.717, 1.165) is 47.8 Å². The van der Waals surface area contributed by atoms with Crippen molar-refractivity contribution < 1.29 is 9.53 Å². The van der Waals surface area contributed by atoms with Crippen LogP contribution < -0.4 is 15.0 Å². The molecule has 1 aliphatic heterocycles. The van der Waals surface area contributed by atoms with Gasteiger partial charge in [0.2, 0.25) is 5.91 Å². The zero-order valence-corrected chi connectivity index (χ0v) is 17.2. The summed E-state index contributed by atoms with van der Waals surface area (Å²) in [5, 5.41) is 2.98. The number of aryl methyl sites for hydroxylation is 1. The molecule has 3 aromatic rings. The fraction of sp³-hybridized carbons (Fsp3) is 0.304. The molecule has 0 aliphatic carbocycles. The summed E-state index contributed by atoms with van der Waals surface area (Å²) in [7, 11) is 1.65. The van der Waals surface area contributed by atoms with Crippen molar-refractivity contribution in [1.29, 1.82) is 0 Å². The van der Waals surface area contributed by atoms with Gasteiger partial charge in [0.25, 0.3) is 0 Å². The Morgan fingerprint density at radius 3 is 2.77 bits per heavy atom. The minimum absolute atomic E-state index is 0.00549. The normalized spacial score (nSPS) is 16.2. The van der Waals surface area contributed by atoms with E-state index in [1.807, 2.05) is 49.4 Å². The van der Waals surface area contributed by atoms with E-state index in [4.69, 9.17) is 4.74 Å². The molecule has 0 spiro atoms. The van der Waals surface area contributed by atoms with Crippen molar-refractivity contribution in [2.24, 2.45) is 5.92 Å². The molecule has 0 unspecified atom stereocenters. The molecule has 7 heteroatoms. The van der Waals surface area contributed by atoms with Crippen LogP contribution in [0.3, 0.4) is 0 Å². The van der Waals surface area contributed by atoms with Gasteiger partial charge in [0.1, 0.15) is 23.7 Å². The van der Waals surface area contributed by atoms with E-state index in [1.54, 1.807) is 19.6 Å². The van der Waals surface area contributed by atoms with Gasteiger partial charge in [-0.2, -0.15) is 0 Å².